The van der Waals surface area contributed by atoms with Gasteiger partial charge in [-0.05, 0) is 17.7 Å². The highest BCUT2D eigenvalue weighted by Crippen LogP contribution is 2.04. The molecule has 3 N–H and O–H groups in total. The molecule has 0 fully saturated rings. The number of carboxylic acid groups (broad SMARTS) is 1. The summed E-state index contributed by atoms with van der Waals surface area (Å²) in [6, 6.07) is 4.11. The molecule has 1 unspecified atom stereocenters. The second-order valence-corrected chi connectivity index (χ2v) is 3.45. The fraction of sp³-hybridized carbons (Fsp3) is 0.273. The third-order valence-corrected chi connectivity index (χ3v) is 2.07. The summed E-state index contributed by atoms with van der Waals surface area (Å²) in [7, 11) is 0. The summed E-state index contributed by atoms with van der Waals surface area (Å²) in [6.45, 7) is -0.690. The van der Waals surface area contributed by atoms with Gasteiger partial charge in [-0.3, -0.25) is 4.79 Å². The Kier molecular flexibility index (Phi) is 4.59. The number of benzene rings is 1. The van der Waals surface area contributed by atoms with Gasteiger partial charge in [0, 0.05) is 0 Å². The van der Waals surface area contributed by atoms with Crippen LogP contribution in [0.1, 0.15) is 5.56 Å². The molecule has 1 rings (SSSR count). The Labute approximate surface area is 96.9 Å². The number of carboxylic acids is 1. The average molecular weight is 241 g/mol. The Morgan fingerprint density at radius 3 is 2.65 bits per heavy atom. The minimum absolute atomic E-state index is 0.137. The lowest BCUT2D eigenvalue weighted by Gasteiger charge is -2.11. The van der Waals surface area contributed by atoms with Crippen molar-refractivity contribution >= 4 is 11.9 Å². The minimum Gasteiger partial charge on any atom is -0.480 e. The molecule has 92 valence electrons. The first-order chi connectivity index (χ1) is 8.02. The maximum atomic E-state index is 12.8. The van der Waals surface area contributed by atoms with Crippen LogP contribution in [-0.4, -0.2) is 34.7 Å². The molecule has 1 aromatic carbocycles. The Bertz CT molecular complexity index is 422. The lowest BCUT2D eigenvalue weighted by molar-refractivity contribution is -0.142. The van der Waals surface area contributed by atoms with Crippen LogP contribution in [0.5, 0.6) is 0 Å². The molecule has 0 bridgehead atoms. The normalized spacial score (nSPS) is 11.9. The van der Waals surface area contributed by atoms with E-state index in [1.807, 2.05) is 0 Å². The molecule has 0 saturated heterocycles. The van der Waals surface area contributed by atoms with Crippen LogP contribution >= 0.6 is 0 Å². The van der Waals surface area contributed by atoms with Crippen LogP contribution in [0.25, 0.3) is 0 Å². The van der Waals surface area contributed by atoms with E-state index >= 15 is 0 Å². The highest BCUT2D eigenvalue weighted by Gasteiger charge is 2.18. The van der Waals surface area contributed by atoms with Gasteiger partial charge >= 0.3 is 5.97 Å². The number of aliphatic hydroxyl groups is 1. The van der Waals surface area contributed by atoms with Crippen LogP contribution < -0.4 is 5.32 Å². The van der Waals surface area contributed by atoms with Gasteiger partial charge in [-0.2, -0.15) is 0 Å². The van der Waals surface area contributed by atoms with E-state index < -0.39 is 30.3 Å². The van der Waals surface area contributed by atoms with Crippen LogP contribution in [0, 0.1) is 5.82 Å². The molecule has 0 saturated carbocycles. The van der Waals surface area contributed by atoms with Crippen molar-refractivity contribution in [2.75, 3.05) is 6.61 Å². The predicted molar refractivity (Wildman–Crippen MR) is 56.8 cm³/mol. The summed E-state index contributed by atoms with van der Waals surface area (Å²) in [5.74, 6) is -2.37. The largest absolute Gasteiger partial charge is 0.480 e. The van der Waals surface area contributed by atoms with Crippen LogP contribution in [0.4, 0.5) is 4.39 Å². The second kappa shape index (κ2) is 5.95. The Balaban J connectivity index is 2.58. The van der Waals surface area contributed by atoms with E-state index in [9.17, 15) is 14.0 Å². The predicted octanol–water partition coefficient (Wildman–Crippen LogP) is -0.0701. The van der Waals surface area contributed by atoms with E-state index in [-0.39, 0.29) is 6.42 Å². The lowest BCUT2D eigenvalue weighted by Crippen LogP contribution is -2.43. The minimum atomic E-state index is -1.34. The molecular formula is C11H12FNO4. The van der Waals surface area contributed by atoms with Gasteiger partial charge in [0.1, 0.15) is 11.9 Å². The molecule has 1 amide bonds. The summed E-state index contributed by atoms with van der Waals surface area (Å²) in [6.07, 6.45) is -0.137. The quantitative estimate of drug-likeness (QED) is 0.673. The molecule has 0 aliphatic heterocycles. The van der Waals surface area contributed by atoms with Gasteiger partial charge in [0.15, 0.2) is 0 Å². The first-order valence-corrected chi connectivity index (χ1v) is 4.90. The molecule has 1 aromatic rings. The van der Waals surface area contributed by atoms with Gasteiger partial charge in [-0.25, -0.2) is 9.18 Å². The highest BCUT2D eigenvalue weighted by molar-refractivity contribution is 5.84. The maximum Gasteiger partial charge on any atom is 0.328 e. The third kappa shape index (κ3) is 4.20. The fourth-order valence-corrected chi connectivity index (χ4v) is 1.26. The average Bonchev–Trinajstić information content (AvgIpc) is 2.25. The molecule has 5 nitrogen and oxygen atoms in total. The van der Waals surface area contributed by atoms with Gasteiger partial charge < -0.3 is 15.5 Å². The molecule has 0 aliphatic rings. The zero-order valence-corrected chi connectivity index (χ0v) is 8.89. The highest BCUT2D eigenvalue weighted by atomic mass is 19.1. The number of carbonyl (C=O) groups excluding carboxylic acids is 1. The molecule has 0 aliphatic carbocycles. The monoisotopic (exact) mass is 241 g/mol. The molecule has 1 atom stereocenters. The molecular weight excluding hydrogens is 229 g/mol. The standard InChI is InChI=1S/C11H12FNO4/c12-8-3-1-2-7(4-8)5-10(15)13-9(6-14)11(16)17/h1-4,9,14H,5-6H2,(H,13,15)(H,16,17). The maximum absolute atomic E-state index is 12.8. The van der Waals surface area contributed by atoms with Crippen LogP contribution in [0.2, 0.25) is 0 Å². The van der Waals surface area contributed by atoms with Crippen molar-refractivity contribution in [2.45, 2.75) is 12.5 Å². The lowest BCUT2D eigenvalue weighted by atomic mass is 10.1. The zero-order chi connectivity index (χ0) is 12.8. The van der Waals surface area contributed by atoms with Crippen molar-refractivity contribution in [3.8, 4) is 0 Å². The number of amides is 1. The number of nitrogens with one attached hydrogen (secondary N) is 1. The van der Waals surface area contributed by atoms with Crippen LogP contribution in [0.15, 0.2) is 24.3 Å². The number of aliphatic hydroxyl groups excluding tert-OH is 1. The molecule has 17 heavy (non-hydrogen) atoms. The van der Waals surface area contributed by atoms with E-state index in [2.05, 4.69) is 5.32 Å². The van der Waals surface area contributed by atoms with E-state index in [4.69, 9.17) is 10.2 Å². The first kappa shape index (κ1) is 13.1. The number of halogens is 1. The van der Waals surface area contributed by atoms with Gasteiger partial charge in [0.05, 0.1) is 13.0 Å². The number of hydrogen-bond donors (Lipinski definition) is 3. The SMILES string of the molecule is O=C(Cc1cccc(F)c1)NC(CO)C(=O)O. The molecule has 0 heterocycles. The van der Waals surface area contributed by atoms with Gasteiger partial charge in [0.2, 0.25) is 5.91 Å². The van der Waals surface area contributed by atoms with Crippen LogP contribution in [0.3, 0.4) is 0 Å². The molecule has 0 radical (unpaired) electrons. The smallest absolute Gasteiger partial charge is 0.328 e. The van der Waals surface area contributed by atoms with E-state index in [1.54, 1.807) is 6.07 Å². The second-order valence-electron chi connectivity index (χ2n) is 3.45. The van der Waals surface area contributed by atoms with E-state index in [0.29, 0.717) is 5.56 Å². The Morgan fingerprint density at radius 1 is 1.41 bits per heavy atom. The van der Waals surface area contributed by atoms with Crippen molar-refractivity contribution in [3.63, 3.8) is 0 Å². The number of rotatable bonds is 5. The van der Waals surface area contributed by atoms with Gasteiger partial charge in [-0.1, -0.05) is 12.1 Å². The molecule has 6 heteroatoms. The summed E-state index contributed by atoms with van der Waals surface area (Å²) in [4.78, 5) is 21.9. The Hall–Kier alpha value is -1.95. The summed E-state index contributed by atoms with van der Waals surface area (Å²) < 4.78 is 12.8. The van der Waals surface area contributed by atoms with Crippen molar-refractivity contribution < 1.29 is 24.2 Å². The van der Waals surface area contributed by atoms with E-state index in [1.165, 1.54) is 18.2 Å². The topological polar surface area (TPSA) is 86.6 Å². The van der Waals surface area contributed by atoms with Gasteiger partial charge in [-0.15, -0.1) is 0 Å². The first-order valence-electron chi connectivity index (χ1n) is 4.90. The van der Waals surface area contributed by atoms with E-state index in [0.717, 1.165) is 0 Å². The summed E-state index contributed by atoms with van der Waals surface area (Å²) in [5, 5.41) is 19.4. The number of carbonyl (C=O) groups is 2. The third-order valence-electron chi connectivity index (χ3n) is 2.07. The fourth-order valence-electron chi connectivity index (χ4n) is 1.26. The van der Waals surface area contributed by atoms with Crippen molar-refractivity contribution in [1.82, 2.24) is 5.32 Å². The molecule has 0 aromatic heterocycles. The summed E-state index contributed by atoms with van der Waals surface area (Å²) >= 11 is 0. The van der Waals surface area contributed by atoms with Crippen molar-refractivity contribution in [1.29, 1.82) is 0 Å². The van der Waals surface area contributed by atoms with Gasteiger partial charge in [0.25, 0.3) is 0 Å². The summed E-state index contributed by atoms with van der Waals surface area (Å²) in [5.41, 5.74) is 0.435. The number of aliphatic carboxylic acids is 1. The number of hydrogen-bond acceptors (Lipinski definition) is 3. The van der Waals surface area contributed by atoms with Crippen LogP contribution in [-0.2, 0) is 16.0 Å². The molecule has 0 spiro atoms. The van der Waals surface area contributed by atoms with Crippen molar-refractivity contribution in [3.05, 3.63) is 35.6 Å². The van der Waals surface area contributed by atoms with Crippen molar-refractivity contribution in [2.24, 2.45) is 0 Å². The zero-order valence-electron chi connectivity index (χ0n) is 8.89. The Morgan fingerprint density at radius 2 is 2.12 bits per heavy atom.